The molecule has 64 valence electrons. The summed E-state index contributed by atoms with van der Waals surface area (Å²) in [7, 11) is 0. The summed E-state index contributed by atoms with van der Waals surface area (Å²) in [5, 5.41) is 0. The van der Waals surface area contributed by atoms with Gasteiger partial charge >= 0.3 is 0 Å². The lowest BCUT2D eigenvalue weighted by Gasteiger charge is -2.04. The van der Waals surface area contributed by atoms with Gasteiger partial charge in [-0.25, -0.2) is 0 Å². The molecule has 0 radical (unpaired) electrons. The van der Waals surface area contributed by atoms with Gasteiger partial charge in [0.25, 0.3) is 0 Å². The monoisotopic (exact) mass is 160 g/mol. The Morgan fingerprint density at radius 3 is 2.67 bits per heavy atom. The van der Waals surface area contributed by atoms with E-state index in [0.717, 1.165) is 12.8 Å². The molecule has 0 bridgehead atoms. The van der Waals surface area contributed by atoms with Crippen molar-refractivity contribution < 1.29 is 0 Å². The van der Waals surface area contributed by atoms with Crippen LogP contribution in [0.15, 0.2) is 30.8 Å². The first-order chi connectivity index (χ1) is 5.77. The van der Waals surface area contributed by atoms with Crippen LogP contribution in [0.5, 0.6) is 0 Å². The summed E-state index contributed by atoms with van der Waals surface area (Å²) < 4.78 is 0. The molecule has 0 aliphatic carbocycles. The number of allylic oxidation sites excluding steroid dienone is 1. The number of hydrogen-bond donors (Lipinski definition) is 0. The van der Waals surface area contributed by atoms with Crippen molar-refractivity contribution in [3.63, 3.8) is 0 Å². The average molecular weight is 160 g/mol. The van der Waals surface area contributed by atoms with Crippen LogP contribution in [0, 0.1) is 0 Å². The molecule has 12 heavy (non-hydrogen) atoms. The highest BCUT2D eigenvalue weighted by molar-refractivity contribution is 5.63. The minimum atomic E-state index is 1.03. The summed E-state index contributed by atoms with van der Waals surface area (Å²) in [5.74, 6) is 0. The SMILES string of the molecule is C=C(CC)c1cccc(CC)c1. The van der Waals surface area contributed by atoms with Crippen LogP contribution in [-0.2, 0) is 6.42 Å². The first kappa shape index (κ1) is 9.05. The zero-order chi connectivity index (χ0) is 8.97. The van der Waals surface area contributed by atoms with E-state index in [1.807, 2.05) is 0 Å². The van der Waals surface area contributed by atoms with Gasteiger partial charge < -0.3 is 0 Å². The van der Waals surface area contributed by atoms with Crippen LogP contribution < -0.4 is 0 Å². The zero-order valence-corrected chi connectivity index (χ0v) is 7.93. The summed E-state index contributed by atoms with van der Waals surface area (Å²) in [5.41, 5.74) is 3.91. The predicted octanol–water partition coefficient (Wildman–Crippen LogP) is 3.67. The maximum atomic E-state index is 4.02. The molecule has 0 saturated heterocycles. The smallest absolute Gasteiger partial charge is 0.0228 e. The van der Waals surface area contributed by atoms with Crippen LogP contribution >= 0.6 is 0 Å². The first-order valence-electron chi connectivity index (χ1n) is 4.55. The highest BCUT2D eigenvalue weighted by Gasteiger charge is 1.96. The number of benzene rings is 1. The Morgan fingerprint density at radius 1 is 1.33 bits per heavy atom. The molecule has 0 aliphatic rings. The van der Waals surface area contributed by atoms with Crippen LogP contribution in [0.4, 0.5) is 0 Å². The van der Waals surface area contributed by atoms with E-state index in [1.165, 1.54) is 16.7 Å². The zero-order valence-electron chi connectivity index (χ0n) is 7.93. The van der Waals surface area contributed by atoms with E-state index in [2.05, 4.69) is 44.7 Å². The third-order valence-electron chi connectivity index (χ3n) is 2.17. The quantitative estimate of drug-likeness (QED) is 0.633. The maximum absolute atomic E-state index is 4.02. The molecule has 0 unspecified atom stereocenters. The second-order valence-corrected chi connectivity index (χ2v) is 3.01. The fourth-order valence-corrected chi connectivity index (χ4v) is 1.22. The van der Waals surface area contributed by atoms with Crippen molar-refractivity contribution >= 4 is 5.57 Å². The van der Waals surface area contributed by atoms with Crippen LogP contribution in [0.1, 0.15) is 31.4 Å². The molecule has 0 heteroatoms. The lowest BCUT2D eigenvalue weighted by atomic mass is 10.0. The number of rotatable bonds is 3. The number of hydrogen-bond acceptors (Lipinski definition) is 0. The second kappa shape index (κ2) is 4.10. The molecule has 0 N–H and O–H groups in total. The van der Waals surface area contributed by atoms with Gasteiger partial charge in [0, 0.05) is 0 Å². The molecule has 0 atom stereocenters. The number of aryl methyl sites for hydroxylation is 1. The molecule has 1 aromatic rings. The van der Waals surface area contributed by atoms with Crippen molar-refractivity contribution in [2.45, 2.75) is 26.7 Å². The Bertz CT molecular complexity index is 271. The average Bonchev–Trinajstić information content (AvgIpc) is 2.17. The lowest BCUT2D eigenvalue weighted by molar-refractivity contribution is 1.13. The van der Waals surface area contributed by atoms with E-state index in [9.17, 15) is 0 Å². The standard InChI is InChI=1S/C12H16/c1-4-10(3)12-8-6-7-11(5-2)9-12/h6-9H,3-5H2,1-2H3. The summed E-state index contributed by atoms with van der Waals surface area (Å²) in [4.78, 5) is 0. The fourth-order valence-electron chi connectivity index (χ4n) is 1.22. The van der Waals surface area contributed by atoms with Crippen molar-refractivity contribution in [2.24, 2.45) is 0 Å². The van der Waals surface area contributed by atoms with Gasteiger partial charge in [-0.1, -0.05) is 44.7 Å². The van der Waals surface area contributed by atoms with E-state index in [4.69, 9.17) is 0 Å². The van der Waals surface area contributed by atoms with Crippen molar-refractivity contribution in [1.82, 2.24) is 0 Å². The maximum Gasteiger partial charge on any atom is -0.0228 e. The molecule has 0 fully saturated rings. The van der Waals surface area contributed by atoms with Crippen molar-refractivity contribution in [3.8, 4) is 0 Å². The molecule has 0 aromatic heterocycles. The molecule has 0 nitrogen and oxygen atoms in total. The fraction of sp³-hybridized carbons (Fsp3) is 0.333. The molecule has 0 aliphatic heterocycles. The Morgan fingerprint density at radius 2 is 2.08 bits per heavy atom. The Balaban J connectivity index is 2.93. The summed E-state index contributed by atoms with van der Waals surface area (Å²) in [6.45, 7) is 8.33. The van der Waals surface area contributed by atoms with E-state index < -0.39 is 0 Å². The molecule has 0 saturated carbocycles. The minimum absolute atomic E-state index is 1.03. The van der Waals surface area contributed by atoms with Crippen LogP contribution in [0.3, 0.4) is 0 Å². The van der Waals surface area contributed by atoms with Crippen molar-refractivity contribution in [3.05, 3.63) is 42.0 Å². The largest absolute Gasteiger partial charge is 0.0952 e. The van der Waals surface area contributed by atoms with E-state index >= 15 is 0 Å². The molecule has 1 rings (SSSR count). The molecule has 0 heterocycles. The van der Waals surface area contributed by atoms with Crippen molar-refractivity contribution in [2.75, 3.05) is 0 Å². The second-order valence-electron chi connectivity index (χ2n) is 3.01. The normalized spacial score (nSPS) is 9.83. The first-order valence-corrected chi connectivity index (χ1v) is 4.55. The molecular formula is C12H16. The van der Waals surface area contributed by atoms with Gasteiger partial charge in [-0.05, 0) is 29.5 Å². The van der Waals surface area contributed by atoms with Crippen LogP contribution in [0.25, 0.3) is 5.57 Å². The molecule has 0 amide bonds. The van der Waals surface area contributed by atoms with E-state index in [0.29, 0.717) is 0 Å². The molecule has 0 spiro atoms. The summed E-state index contributed by atoms with van der Waals surface area (Å²) in [6, 6.07) is 8.62. The minimum Gasteiger partial charge on any atom is -0.0952 e. The summed E-state index contributed by atoms with van der Waals surface area (Å²) in [6.07, 6.45) is 2.14. The molecular weight excluding hydrogens is 144 g/mol. The Kier molecular flexibility index (Phi) is 3.09. The summed E-state index contributed by atoms with van der Waals surface area (Å²) >= 11 is 0. The predicted molar refractivity (Wildman–Crippen MR) is 55.1 cm³/mol. The van der Waals surface area contributed by atoms with Crippen molar-refractivity contribution in [1.29, 1.82) is 0 Å². The van der Waals surface area contributed by atoms with Gasteiger partial charge in [0.15, 0.2) is 0 Å². The Hall–Kier alpha value is -1.04. The van der Waals surface area contributed by atoms with Crippen LogP contribution in [-0.4, -0.2) is 0 Å². The van der Waals surface area contributed by atoms with E-state index in [1.54, 1.807) is 0 Å². The van der Waals surface area contributed by atoms with Gasteiger partial charge in [0.2, 0.25) is 0 Å². The highest BCUT2D eigenvalue weighted by atomic mass is 14.0. The Labute approximate surface area is 74.9 Å². The van der Waals surface area contributed by atoms with E-state index in [-0.39, 0.29) is 0 Å². The van der Waals surface area contributed by atoms with Gasteiger partial charge in [-0.3, -0.25) is 0 Å². The van der Waals surface area contributed by atoms with Gasteiger partial charge in [-0.2, -0.15) is 0 Å². The highest BCUT2D eigenvalue weighted by Crippen LogP contribution is 2.16. The molecule has 1 aromatic carbocycles. The third kappa shape index (κ3) is 1.97. The third-order valence-corrected chi connectivity index (χ3v) is 2.17. The van der Waals surface area contributed by atoms with Gasteiger partial charge in [0.1, 0.15) is 0 Å². The van der Waals surface area contributed by atoms with Crippen LogP contribution in [0.2, 0.25) is 0 Å². The van der Waals surface area contributed by atoms with Gasteiger partial charge in [0.05, 0.1) is 0 Å². The van der Waals surface area contributed by atoms with Gasteiger partial charge in [-0.15, -0.1) is 0 Å². The topological polar surface area (TPSA) is 0 Å². The lowest BCUT2D eigenvalue weighted by Crippen LogP contribution is -1.84.